The van der Waals surface area contributed by atoms with E-state index < -0.39 is 0 Å². The second-order valence-electron chi connectivity index (χ2n) is 3.63. The number of rotatable bonds is 3. The Bertz CT molecular complexity index is 394. The Morgan fingerprint density at radius 2 is 2.47 bits per heavy atom. The lowest BCUT2D eigenvalue weighted by molar-refractivity contribution is -0.0855. The molecular formula is C11H13ClN2O3. The van der Waals surface area contributed by atoms with Crippen molar-refractivity contribution in [3.05, 3.63) is 29.0 Å². The second kappa shape index (κ2) is 5.95. The fourth-order valence-electron chi connectivity index (χ4n) is 1.50. The number of nitrogens with zero attached hydrogens (tertiary/aromatic N) is 1. The molecule has 1 atom stereocenters. The Morgan fingerprint density at radius 1 is 1.59 bits per heavy atom. The molecule has 0 saturated carbocycles. The van der Waals surface area contributed by atoms with Gasteiger partial charge in [-0.15, -0.1) is 0 Å². The standard InChI is InChI=1S/C11H13ClN2O3/c12-10-1-2-13-6-9(10)11(15)14-5-8-7-16-3-4-17-8/h1-2,6,8H,3-5,7H2,(H,14,15). The molecule has 5 nitrogen and oxygen atoms in total. The van der Waals surface area contributed by atoms with Crippen LogP contribution in [0.5, 0.6) is 0 Å². The number of nitrogens with one attached hydrogen (secondary N) is 1. The van der Waals surface area contributed by atoms with Gasteiger partial charge in [-0.05, 0) is 6.07 Å². The van der Waals surface area contributed by atoms with Crippen LogP contribution in [-0.4, -0.2) is 43.4 Å². The van der Waals surface area contributed by atoms with Crippen molar-refractivity contribution < 1.29 is 14.3 Å². The minimum atomic E-state index is -0.253. The summed E-state index contributed by atoms with van der Waals surface area (Å²) in [6, 6.07) is 1.58. The van der Waals surface area contributed by atoms with Crippen molar-refractivity contribution in [2.24, 2.45) is 0 Å². The minimum Gasteiger partial charge on any atom is -0.376 e. The number of hydrogen-bond donors (Lipinski definition) is 1. The van der Waals surface area contributed by atoms with Crippen LogP contribution in [0, 0.1) is 0 Å². The summed E-state index contributed by atoms with van der Waals surface area (Å²) in [6.45, 7) is 2.08. The normalized spacial score (nSPS) is 19.9. The Labute approximate surface area is 104 Å². The lowest BCUT2D eigenvalue weighted by Gasteiger charge is -2.23. The maximum atomic E-state index is 11.8. The van der Waals surface area contributed by atoms with Crippen LogP contribution in [-0.2, 0) is 9.47 Å². The highest BCUT2D eigenvalue weighted by Crippen LogP contribution is 2.13. The first-order valence-corrected chi connectivity index (χ1v) is 5.72. The zero-order valence-corrected chi connectivity index (χ0v) is 9.94. The lowest BCUT2D eigenvalue weighted by atomic mass is 10.2. The summed E-state index contributed by atoms with van der Waals surface area (Å²) in [5.41, 5.74) is 0.367. The van der Waals surface area contributed by atoms with Gasteiger partial charge in [-0.2, -0.15) is 0 Å². The van der Waals surface area contributed by atoms with Gasteiger partial charge in [0.1, 0.15) is 0 Å². The van der Waals surface area contributed by atoms with Gasteiger partial charge in [-0.3, -0.25) is 9.78 Å². The van der Waals surface area contributed by atoms with Crippen molar-refractivity contribution >= 4 is 17.5 Å². The zero-order valence-electron chi connectivity index (χ0n) is 9.19. The zero-order chi connectivity index (χ0) is 12.1. The van der Waals surface area contributed by atoms with Gasteiger partial charge in [0.05, 0.1) is 36.5 Å². The first-order chi connectivity index (χ1) is 8.27. The van der Waals surface area contributed by atoms with Crippen LogP contribution >= 0.6 is 11.6 Å². The molecule has 0 aromatic carbocycles. The molecule has 2 heterocycles. The number of carbonyl (C=O) groups is 1. The molecule has 92 valence electrons. The number of carbonyl (C=O) groups excluding carboxylic acids is 1. The van der Waals surface area contributed by atoms with Gasteiger partial charge in [-0.1, -0.05) is 11.6 Å². The van der Waals surface area contributed by atoms with Crippen LogP contribution in [0.25, 0.3) is 0 Å². The predicted molar refractivity (Wildman–Crippen MR) is 62.1 cm³/mol. The maximum Gasteiger partial charge on any atom is 0.254 e. The highest BCUT2D eigenvalue weighted by atomic mass is 35.5. The third-order valence-corrected chi connectivity index (χ3v) is 2.72. The molecule has 1 N–H and O–H groups in total. The molecule has 0 bridgehead atoms. The molecule has 0 radical (unpaired) electrons. The van der Waals surface area contributed by atoms with E-state index >= 15 is 0 Å². The summed E-state index contributed by atoms with van der Waals surface area (Å²) in [6.07, 6.45) is 2.88. The predicted octanol–water partition coefficient (Wildman–Crippen LogP) is 0.880. The van der Waals surface area contributed by atoms with Crippen LogP contribution < -0.4 is 5.32 Å². The molecule has 1 unspecified atom stereocenters. The Morgan fingerprint density at radius 3 is 3.18 bits per heavy atom. The average Bonchev–Trinajstić information content (AvgIpc) is 2.38. The molecule has 1 aromatic heterocycles. The van der Waals surface area contributed by atoms with Gasteiger partial charge < -0.3 is 14.8 Å². The first kappa shape index (κ1) is 12.3. The van der Waals surface area contributed by atoms with E-state index in [-0.39, 0.29) is 12.0 Å². The maximum absolute atomic E-state index is 11.8. The summed E-state index contributed by atoms with van der Waals surface area (Å²) in [7, 11) is 0. The monoisotopic (exact) mass is 256 g/mol. The number of hydrogen-bond acceptors (Lipinski definition) is 4. The summed E-state index contributed by atoms with van der Waals surface area (Å²) in [4.78, 5) is 15.6. The quantitative estimate of drug-likeness (QED) is 0.872. The van der Waals surface area contributed by atoms with E-state index in [2.05, 4.69) is 10.3 Å². The number of amides is 1. The number of aromatic nitrogens is 1. The molecule has 2 rings (SSSR count). The van der Waals surface area contributed by atoms with E-state index in [9.17, 15) is 4.79 Å². The summed E-state index contributed by atoms with van der Waals surface area (Å²) in [5, 5.41) is 3.13. The van der Waals surface area contributed by atoms with Gasteiger partial charge in [0.25, 0.3) is 5.91 Å². The van der Waals surface area contributed by atoms with Gasteiger partial charge in [0, 0.05) is 18.9 Å². The topological polar surface area (TPSA) is 60.5 Å². The van der Waals surface area contributed by atoms with Crippen molar-refractivity contribution in [3.63, 3.8) is 0 Å². The van der Waals surface area contributed by atoms with Crippen LogP contribution in [0.2, 0.25) is 5.02 Å². The molecule has 1 amide bonds. The van der Waals surface area contributed by atoms with E-state index in [4.69, 9.17) is 21.1 Å². The number of halogens is 1. The summed E-state index contributed by atoms with van der Waals surface area (Å²) >= 11 is 5.88. The highest BCUT2D eigenvalue weighted by Gasteiger charge is 2.16. The third-order valence-electron chi connectivity index (χ3n) is 2.39. The SMILES string of the molecule is O=C(NCC1COCCO1)c1cnccc1Cl. The Balaban J connectivity index is 1.87. The van der Waals surface area contributed by atoms with Gasteiger partial charge in [0.2, 0.25) is 0 Å². The van der Waals surface area contributed by atoms with Crippen LogP contribution in [0.15, 0.2) is 18.5 Å². The van der Waals surface area contributed by atoms with Crippen molar-refractivity contribution in [2.75, 3.05) is 26.4 Å². The van der Waals surface area contributed by atoms with Crippen molar-refractivity contribution in [1.29, 1.82) is 0 Å². The lowest BCUT2D eigenvalue weighted by Crippen LogP contribution is -2.39. The van der Waals surface area contributed by atoms with E-state index in [0.29, 0.717) is 37.0 Å². The van der Waals surface area contributed by atoms with Crippen LogP contribution in [0.4, 0.5) is 0 Å². The smallest absolute Gasteiger partial charge is 0.254 e. The fourth-order valence-corrected chi connectivity index (χ4v) is 1.69. The van der Waals surface area contributed by atoms with E-state index in [0.717, 1.165) is 0 Å². The molecule has 6 heteroatoms. The van der Waals surface area contributed by atoms with E-state index in [1.807, 2.05) is 0 Å². The van der Waals surface area contributed by atoms with Crippen molar-refractivity contribution in [2.45, 2.75) is 6.10 Å². The fraction of sp³-hybridized carbons (Fsp3) is 0.455. The molecular weight excluding hydrogens is 244 g/mol. The number of pyridine rings is 1. The molecule has 0 spiro atoms. The van der Waals surface area contributed by atoms with Crippen molar-refractivity contribution in [3.8, 4) is 0 Å². The van der Waals surface area contributed by atoms with Gasteiger partial charge >= 0.3 is 0 Å². The van der Waals surface area contributed by atoms with Gasteiger partial charge in [0.15, 0.2) is 0 Å². The van der Waals surface area contributed by atoms with E-state index in [1.54, 1.807) is 6.07 Å². The molecule has 1 aliphatic heterocycles. The molecule has 0 aliphatic carbocycles. The summed E-state index contributed by atoms with van der Waals surface area (Å²) in [5.74, 6) is -0.253. The molecule has 1 saturated heterocycles. The van der Waals surface area contributed by atoms with Gasteiger partial charge in [-0.25, -0.2) is 0 Å². The Hall–Kier alpha value is -1.17. The van der Waals surface area contributed by atoms with Crippen molar-refractivity contribution in [1.82, 2.24) is 10.3 Å². The number of ether oxygens (including phenoxy) is 2. The molecule has 1 aliphatic rings. The molecule has 1 aromatic rings. The molecule has 1 fully saturated rings. The third kappa shape index (κ3) is 3.39. The first-order valence-electron chi connectivity index (χ1n) is 5.34. The van der Waals surface area contributed by atoms with E-state index in [1.165, 1.54) is 12.4 Å². The Kier molecular flexibility index (Phi) is 4.30. The van der Waals surface area contributed by atoms with Crippen LogP contribution in [0.1, 0.15) is 10.4 Å². The highest BCUT2D eigenvalue weighted by molar-refractivity contribution is 6.33. The van der Waals surface area contributed by atoms with Crippen LogP contribution in [0.3, 0.4) is 0 Å². The minimum absolute atomic E-state index is 0.0943. The summed E-state index contributed by atoms with van der Waals surface area (Å²) < 4.78 is 10.6. The second-order valence-corrected chi connectivity index (χ2v) is 4.04. The molecule has 17 heavy (non-hydrogen) atoms. The largest absolute Gasteiger partial charge is 0.376 e. The average molecular weight is 257 g/mol.